The molecule has 0 radical (unpaired) electrons. The van der Waals surface area contributed by atoms with Crippen molar-refractivity contribution in [2.24, 2.45) is 11.7 Å². The number of amides is 1. The molecule has 0 bridgehead atoms. The van der Waals surface area contributed by atoms with Crippen LogP contribution in [0.25, 0.3) is 0 Å². The van der Waals surface area contributed by atoms with E-state index in [0.717, 1.165) is 23.5 Å². The van der Waals surface area contributed by atoms with E-state index >= 15 is 0 Å². The minimum atomic E-state index is 0.105. The SMILES string of the molecule is Cc1nc(CCNC(=O)C[C@@H]2C=C[C@H](N)C2)sc1C. The van der Waals surface area contributed by atoms with Gasteiger partial charge in [0.2, 0.25) is 5.91 Å². The molecule has 1 aliphatic carbocycles. The number of nitrogens with zero attached hydrogens (tertiary/aromatic N) is 1. The fraction of sp³-hybridized carbons (Fsp3) is 0.571. The number of allylic oxidation sites excluding steroid dienone is 1. The number of thiazole rings is 1. The molecule has 1 aliphatic rings. The summed E-state index contributed by atoms with van der Waals surface area (Å²) in [7, 11) is 0. The number of nitrogens with two attached hydrogens (primary N) is 1. The van der Waals surface area contributed by atoms with Crippen molar-refractivity contribution in [1.82, 2.24) is 10.3 Å². The first-order valence-electron chi connectivity index (χ1n) is 6.68. The van der Waals surface area contributed by atoms with E-state index in [9.17, 15) is 4.79 Å². The van der Waals surface area contributed by atoms with Crippen LogP contribution in [-0.4, -0.2) is 23.5 Å². The van der Waals surface area contributed by atoms with Crippen molar-refractivity contribution in [1.29, 1.82) is 0 Å². The lowest BCUT2D eigenvalue weighted by Crippen LogP contribution is -2.27. The smallest absolute Gasteiger partial charge is 0.220 e. The highest BCUT2D eigenvalue weighted by molar-refractivity contribution is 7.11. The summed E-state index contributed by atoms with van der Waals surface area (Å²) in [6.07, 6.45) is 6.28. The summed E-state index contributed by atoms with van der Waals surface area (Å²) in [6, 6.07) is 0.124. The van der Waals surface area contributed by atoms with E-state index in [1.807, 2.05) is 13.0 Å². The number of aryl methyl sites for hydroxylation is 2. The summed E-state index contributed by atoms with van der Waals surface area (Å²) in [5.74, 6) is 0.410. The van der Waals surface area contributed by atoms with E-state index in [4.69, 9.17) is 5.73 Å². The molecule has 1 amide bonds. The molecule has 0 aliphatic heterocycles. The predicted octanol–water partition coefficient (Wildman–Crippen LogP) is 1.71. The highest BCUT2D eigenvalue weighted by Gasteiger charge is 2.18. The third kappa shape index (κ3) is 4.14. The van der Waals surface area contributed by atoms with E-state index < -0.39 is 0 Å². The summed E-state index contributed by atoms with van der Waals surface area (Å²) < 4.78 is 0. The Balaban J connectivity index is 1.68. The molecule has 19 heavy (non-hydrogen) atoms. The number of carbonyl (C=O) groups is 1. The topological polar surface area (TPSA) is 68.0 Å². The van der Waals surface area contributed by atoms with Gasteiger partial charge in [-0.1, -0.05) is 12.2 Å². The van der Waals surface area contributed by atoms with Crippen LogP contribution in [0.2, 0.25) is 0 Å². The molecular weight excluding hydrogens is 258 g/mol. The van der Waals surface area contributed by atoms with Crippen LogP contribution in [0, 0.1) is 19.8 Å². The summed E-state index contributed by atoms with van der Waals surface area (Å²) in [4.78, 5) is 17.5. The minimum absolute atomic E-state index is 0.105. The fourth-order valence-electron chi connectivity index (χ4n) is 2.22. The van der Waals surface area contributed by atoms with Crippen LogP contribution in [-0.2, 0) is 11.2 Å². The normalized spacial score (nSPS) is 21.8. The van der Waals surface area contributed by atoms with Crippen LogP contribution < -0.4 is 11.1 Å². The molecule has 3 N–H and O–H groups in total. The predicted molar refractivity (Wildman–Crippen MR) is 78.1 cm³/mol. The molecule has 0 saturated heterocycles. The van der Waals surface area contributed by atoms with Crippen molar-refractivity contribution >= 4 is 17.2 Å². The lowest BCUT2D eigenvalue weighted by Gasteiger charge is -2.09. The Kier molecular flexibility index (Phi) is 4.71. The first-order valence-corrected chi connectivity index (χ1v) is 7.49. The van der Waals surface area contributed by atoms with Crippen molar-refractivity contribution in [3.8, 4) is 0 Å². The van der Waals surface area contributed by atoms with Gasteiger partial charge in [-0.05, 0) is 26.2 Å². The van der Waals surface area contributed by atoms with Crippen LogP contribution >= 0.6 is 11.3 Å². The number of hydrogen-bond donors (Lipinski definition) is 2. The highest BCUT2D eigenvalue weighted by Crippen LogP contribution is 2.19. The molecule has 0 saturated carbocycles. The zero-order chi connectivity index (χ0) is 13.8. The standard InChI is InChI=1S/C14H21N3OS/c1-9-10(2)19-14(17-9)5-6-16-13(18)8-11-3-4-12(15)7-11/h3-4,11-12H,5-8,15H2,1-2H3,(H,16,18)/t11-,12+/m1/s1. The number of rotatable bonds is 5. The fourth-order valence-corrected chi connectivity index (χ4v) is 3.16. The summed E-state index contributed by atoms with van der Waals surface area (Å²) in [5.41, 5.74) is 6.86. The Morgan fingerprint density at radius 1 is 1.53 bits per heavy atom. The van der Waals surface area contributed by atoms with Crippen LogP contribution in [0.4, 0.5) is 0 Å². The molecule has 4 nitrogen and oxygen atoms in total. The second-order valence-corrected chi connectivity index (χ2v) is 6.39. The summed E-state index contributed by atoms with van der Waals surface area (Å²) in [6.45, 7) is 4.75. The van der Waals surface area contributed by atoms with Crippen molar-refractivity contribution in [2.45, 2.75) is 39.2 Å². The molecule has 0 spiro atoms. The van der Waals surface area contributed by atoms with E-state index in [0.29, 0.717) is 18.9 Å². The lowest BCUT2D eigenvalue weighted by atomic mass is 10.0. The van der Waals surface area contributed by atoms with Gasteiger partial charge in [0.05, 0.1) is 10.7 Å². The molecule has 104 valence electrons. The maximum atomic E-state index is 11.8. The van der Waals surface area contributed by atoms with Gasteiger partial charge in [-0.15, -0.1) is 11.3 Å². The van der Waals surface area contributed by atoms with E-state index in [1.165, 1.54) is 4.88 Å². The molecule has 0 aromatic carbocycles. The van der Waals surface area contributed by atoms with Gasteiger partial charge in [-0.3, -0.25) is 4.79 Å². The Bertz CT molecular complexity index is 462. The first kappa shape index (κ1) is 14.2. The van der Waals surface area contributed by atoms with Gasteiger partial charge >= 0.3 is 0 Å². The van der Waals surface area contributed by atoms with E-state index in [2.05, 4.69) is 23.3 Å². The largest absolute Gasteiger partial charge is 0.356 e. The summed E-state index contributed by atoms with van der Waals surface area (Å²) in [5, 5.41) is 4.05. The molecule has 1 aromatic heterocycles. The first-order chi connectivity index (χ1) is 9.04. The van der Waals surface area contributed by atoms with Gasteiger partial charge in [0.1, 0.15) is 0 Å². The van der Waals surface area contributed by atoms with Crippen LogP contribution in [0.15, 0.2) is 12.2 Å². The van der Waals surface area contributed by atoms with Gasteiger partial charge in [0.25, 0.3) is 0 Å². The van der Waals surface area contributed by atoms with Crippen molar-refractivity contribution in [3.63, 3.8) is 0 Å². The average molecular weight is 279 g/mol. The Hall–Kier alpha value is -1.20. The van der Waals surface area contributed by atoms with Crippen LogP contribution in [0.5, 0.6) is 0 Å². The third-order valence-corrected chi connectivity index (χ3v) is 4.52. The average Bonchev–Trinajstić information content (AvgIpc) is 2.86. The minimum Gasteiger partial charge on any atom is -0.356 e. The van der Waals surface area contributed by atoms with Gasteiger partial charge < -0.3 is 11.1 Å². The molecule has 1 heterocycles. The zero-order valence-electron chi connectivity index (χ0n) is 11.5. The highest BCUT2D eigenvalue weighted by atomic mass is 32.1. The van der Waals surface area contributed by atoms with Gasteiger partial charge in [0, 0.05) is 30.3 Å². The molecule has 5 heteroatoms. The molecule has 2 rings (SSSR count). The maximum Gasteiger partial charge on any atom is 0.220 e. The van der Waals surface area contributed by atoms with Gasteiger partial charge in [-0.2, -0.15) is 0 Å². The zero-order valence-corrected chi connectivity index (χ0v) is 12.3. The number of nitrogens with one attached hydrogen (secondary N) is 1. The molecule has 0 fully saturated rings. The van der Waals surface area contributed by atoms with Crippen molar-refractivity contribution in [2.75, 3.05) is 6.54 Å². The number of carbonyl (C=O) groups excluding carboxylic acids is 1. The lowest BCUT2D eigenvalue weighted by molar-refractivity contribution is -0.121. The number of aromatic nitrogens is 1. The van der Waals surface area contributed by atoms with Crippen molar-refractivity contribution < 1.29 is 4.79 Å². The quantitative estimate of drug-likeness (QED) is 0.806. The third-order valence-electron chi connectivity index (χ3n) is 3.39. The van der Waals surface area contributed by atoms with Gasteiger partial charge in [-0.25, -0.2) is 4.98 Å². The maximum absolute atomic E-state index is 11.8. The van der Waals surface area contributed by atoms with E-state index in [-0.39, 0.29) is 11.9 Å². The van der Waals surface area contributed by atoms with Crippen LogP contribution in [0.3, 0.4) is 0 Å². The summed E-state index contributed by atoms with van der Waals surface area (Å²) >= 11 is 1.71. The Labute approximate surface area is 118 Å². The Morgan fingerprint density at radius 2 is 2.32 bits per heavy atom. The van der Waals surface area contributed by atoms with Gasteiger partial charge in [0.15, 0.2) is 0 Å². The monoisotopic (exact) mass is 279 g/mol. The molecule has 0 unspecified atom stereocenters. The molecule has 1 aromatic rings. The van der Waals surface area contributed by atoms with Crippen molar-refractivity contribution in [3.05, 3.63) is 27.7 Å². The molecular formula is C14H21N3OS. The number of hydrogen-bond acceptors (Lipinski definition) is 4. The van der Waals surface area contributed by atoms with E-state index in [1.54, 1.807) is 11.3 Å². The second-order valence-electron chi connectivity index (χ2n) is 5.10. The second kappa shape index (κ2) is 6.30. The molecule has 2 atom stereocenters. The Morgan fingerprint density at radius 3 is 2.89 bits per heavy atom. The van der Waals surface area contributed by atoms with Crippen LogP contribution in [0.1, 0.15) is 28.4 Å².